The van der Waals surface area contributed by atoms with Crippen LogP contribution in [0, 0.1) is 0 Å². The number of nitrogens with one attached hydrogen (secondary N) is 1. The van der Waals surface area contributed by atoms with Crippen LogP contribution in [0.3, 0.4) is 0 Å². The maximum absolute atomic E-state index is 12.5. The number of nitrogens with zero attached hydrogens (tertiary/aromatic N) is 1. The molecule has 1 aliphatic heterocycles. The summed E-state index contributed by atoms with van der Waals surface area (Å²) in [6.45, 7) is 0. The van der Waals surface area contributed by atoms with Crippen LogP contribution in [0.1, 0.15) is 5.56 Å². The lowest BCUT2D eigenvalue weighted by Gasteiger charge is -2.16. The average molecular weight is 391 g/mol. The number of thiocarbonyl (C=S) groups is 1. The number of hydrazine groups is 1. The third-order valence-electron chi connectivity index (χ3n) is 2.98. The number of carbonyl (C=O) groups excluding carboxylic acids is 1. The molecule has 22 heavy (non-hydrogen) atoms. The van der Waals surface area contributed by atoms with E-state index in [1.54, 1.807) is 0 Å². The maximum Gasteiger partial charge on any atom is 0.285 e. The molecule has 1 fully saturated rings. The van der Waals surface area contributed by atoms with Crippen LogP contribution in [-0.2, 0) is 4.79 Å². The van der Waals surface area contributed by atoms with Crippen molar-refractivity contribution in [2.45, 2.75) is 0 Å². The Labute approximate surface area is 146 Å². The summed E-state index contributed by atoms with van der Waals surface area (Å²) in [6, 6.07) is 17.3. The van der Waals surface area contributed by atoms with Gasteiger partial charge in [0.1, 0.15) is 0 Å². The molecule has 0 saturated carbocycles. The summed E-state index contributed by atoms with van der Waals surface area (Å²) in [4.78, 5) is 13.1. The minimum Gasteiger partial charge on any atom is -0.290 e. The second-order valence-corrected chi connectivity index (χ2v) is 7.14. The van der Waals surface area contributed by atoms with E-state index in [1.165, 1.54) is 16.8 Å². The van der Waals surface area contributed by atoms with Crippen molar-refractivity contribution in [3.8, 4) is 0 Å². The van der Waals surface area contributed by atoms with Gasteiger partial charge >= 0.3 is 0 Å². The third kappa shape index (κ3) is 3.40. The first-order valence-corrected chi connectivity index (χ1v) is 8.50. The molecule has 0 radical (unpaired) electrons. The van der Waals surface area contributed by atoms with Crippen molar-refractivity contribution in [3.63, 3.8) is 0 Å². The Morgan fingerprint density at radius 3 is 2.45 bits per heavy atom. The molecule has 0 bridgehead atoms. The van der Waals surface area contributed by atoms with Gasteiger partial charge in [-0.3, -0.25) is 10.2 Å². The van der Waals surface area contributed by atoms with Crippen LogP contribution in [0.2, 0.25) is 0 Å². The lowest BCUT2D eigenvalue weighted by Crippen LogP contribution is -2.33. The second-order valence-electron chi connectivity index (χ2n) is 4.55. The fourth-order valence-corrected chi connectivity index (χ4v) is 3.36. The van der Waals surface area contributed by atoms with E-state index in [-0.39, 0.29) is 5.91 Å². The van der Waals surface area contributed by atoms with Gasteiger partial charge in [-0.15, -0.1) is 0 Å². The Morgan fingerprint density at radius 2 is 1.77 bits per heavy atom. The summed E-state index contributed by atoms with van der Waals surface area (Å²) >= 11 is 9.98. The normalized spacial score (nSPS) is 16.4. The summed E-state index contributed by atoms with van der Waals surface area (Å²) in [5.41, 5.74) is 4.82. The van der Waals surface area contributed by atoms with Crippen molar-refractivity contribution >= 4 is 61.9 Å². The van der Waals surface area contributed by atoms with Gasteiger partial charge < -0.3 is 0 Å². The summed E-state index contributed by atoms with van der Waals surface area (Å²) in [5.74, 6) is -0.137. The largest absolute Gasteiger partial charge is 0.290 e. The van der Waals surface area contributed by atoms with E-state index < -0.39 is 0 Å². The Hall–Kier alpha value is -1.63. The van der Waals surface area contributed by atoms with Crippen molar-refractivity contribution in [3.05, 3.63) is 69.5 Å². The van der Waals surface area contributed by atoms with Crippen LogP contribution in [0.15, 0.2) is 64.0 Å². The number of hydrogen-bond acceptors (Lipinski definition) is 4. The topological polar surface area (TPSA) is 32.3 Å². The predicted octanol–water partition coefficient (Wildman–Crippen LogP) is 4.68. The van der Waals surface area contributed by atoms with Crippen molar-refractivity contribution < 1.29 is 4.79 Å². The molecule has 1 N–H and O–H groups in total. The summed E-state index contributed by atoms with van der Waals surface area (Å²) in [5, 5.41) is 1.40. The van der Waals surface area contributed by atoms with Gasteiger partial charge in [-0.05, 0) is 48.1 Å². The molecule has 2 aromatic rings. The maximum atomic E-state index is 12.5. The van der Waals surface area contributed by atoms with Crippen LogP contribution in [0.25, 0.3) is 6.08 Å². The highest BCUT2D eigenvalue weighted by Gasteiger charge is 2.32. The molecular weight excluding hydrogens is 380 g/mol. The minimum absolute atomic E-state index is 0.137. The lowest BCUT2D eigenvalue weighted by molar-refractivity contribution is -0.121. The molecule has 3 rings (SSSR count). The summed E-state index contributed by atoms with van der Waals surface area (Å²) in [6.07, 6.45) is 1.85. The molecule has 0 aromatic heterocycles. The molecule has 3 nitrogen and oxygen atoms in total. The first kappa shape index (κ1) is 15.3. The molecule has 0 atom stereocenters. The van der Waals surface area contributed by atoms with Gasteiger partial charge in [-0.1, -0.05) is 58.0 Å². The van der Waals surface area contributed by atoms with E-state index >= 15 is 0 Å². The van der Waals surface area contributed by atoms with Crippen LogP contribution in [0.4, 0.5) is 5.69 Å². The highest BCUT2D eigenvalue weighted by atomic mass is 79.9. The van der Waals surface area contributed by atoms with E-state index in [4.69, 9.17) is 12.2 Å². The van der Waals surface area contributed by atoms with Gasteiger partial charge in [0.15, 0.2) is 4.32 Å². The van der Waals surface area contributed by atoms with Gasteiger partial charge in [0, 0.05) is 4.47 Å². The van der Waals surface area contributed by atoms with Crippen LogP contribution < -0.4 is 5.43 Å². The second kappa shape index (κ2) is 6.64. The number of thioether (sulfide) groups is 1. The van der Waals surface area contributed by atoms with Crippen molar-refractivity contribution in [1.29, 1.82) is 0 Å². The van der Waals surface area contributed by atoms with E-state index in [2.05, 4.69) is 21.4 Å². The van der Waals surface area contributed by atoms with Crippen molar-refractivity contribution in [1.82, 2.24) is 5.01 Å². The number of benzene rings is 2. The van der Waals surface area contributed by atoms with E-state index in [0.29, 0.717) is 9.23 Å². The molecule has 6 heteroatoms. The molecule has 0 unspecified atom stereocenters. The number of anilines is 1. The average Bonchev–Trinajstić information content (AvgIpc) is 2.78. The monoisotopic (exact) mass is 390 g/mol. The van der Waals surface area contributed by atoms with Crippen LogP contribution in [0.5, 0.6) is 0 Å². The van der Waals surface area contributed by atoms with Crippen LogP contribution >= 0.6 is 39.9 Å². The van der Waals surface area contributed by atoms with Crippen molar-refractivity contribution in [2.75, 3.05) is 5.43 Å². The standard InChI is InChI=1S/C16H11BrN2OS2/c17-12-8-6-11(7-9-12)10-14-15(20)19(16(21)22-14)18-13-4-2-1-3-5-13/h1-10,18H/b14-10-. The summed E-state index contributed by atoms with van der Waals surface area (Å²) in [7, 11) is 0. The van der Waals surface area contributed by atoms with Gasteiger partial charge in [0.05, 0.1) is 10.6 Å². The fourth-order valence-electron chi connectivity index (χ4n) is 1.92. The van der Waals surface area contributed by atoms with Gasteiger partial charge in [-0.2, -0.15) is 0 Å². The van der Waals surface area contributed by atoms with E-state index in [9.17, 15) is 4.79 Å². The number of rotatable bonds is 3. The number of para-hydroxylation sites is 1. The molecule has 1 heterocycles. The molecular formula is C16H11BrN2OS2. The Morgan fingerprint density at radius 1 is 1.09 bits per heavy atom. The smallest absolute Gasteiger partial charge is 0.285 e. The SMILES string of the molecule is O=C1/C(=C/c2ccc(Br)cc2)SC(=S)N1Nc1ccccc1. The quantitative estimate of drug-likeness (QED) is 0.609. The molecule has 1 aliphatic rings. The number of carbonyl (C=O) groups is 1. The van der Waals surface area contributed by atoms with Crippen LogP contribution in [-0.4, -0.2) is 15.2 Å². The molecule has 0 aliphatic carbocycles. The van der Waals surface area contributed by atoms with E-state index in [0.717, 1.165) is 15.7 Å². The minimum atomic E-state index is -0.137. The molecule has 110 valence electrons. The van der Waals surface area contributed by atoms with Crippen molar-refractivity contribution in [2.24, 2.45) is 0 Å². The number of halogens is 1. The zero-order chi connectivity index (χ0) is 15.5. The fraction of sp³-hybridized carbons (Fsp3) is 0. The van der Waals surface area contributed by atoms with Gasteiger partial charge in [0.25, 0.3) is 5.91 Å². The molecule has 1 saturated heterocycles. The highest BCUT2D eigenvalue weighted by molar-refractivity contribution is 9.10. The molecule has 1 amide bonds. The Balaban J connectivity index is 1.80. The van der Waals surface area contributed by atoms with E-state index in [1.807, 2.05) is 60.7 Å². The zero-order valence-corrected chi connectivity index (χ0v) is 14.5. The molecule has 0 spiro atoms. The third-order valence-corrected chi connectivity index (χ3v) is 4.81. The number of amides is 1. The Bertz CT molecular complexity index is 745. The molecule has 2 aromatic carbocycles. The Kier molecular flexibility index (Phi) is 4.61. The number of hydrogen-bond donors (Lipinski definition) is 1. The lowest BCUT2D eigenvalue weighted by atomic mass is 10.2. The first-order chi connectivity index (χ1) is 10.6. The van der Waals surface area contributed by atoms with Gasteiger partial charge in [0.2, 0.25) is 0 Å². The highest BCUT2D eigenvalue weighted by Crippen LogP contribution is 2.32. The summed E-state index contributed by atoms with van der Waals surface area (Å²) < 4.78 is 1.50. The zero-order valence-electron chi connectivity index (χ0n) is 11.3. The predicted molar refractivity (Wildman–Crippen MR) is 99.2 cm³/mol. The van der Waals surface area contributed by atoms with Gasteiger partial charge in [-0.25, -0.2) is 5.01 Å². The first-order valence-electron chi connectivity index (χ1n) is 6.49.